The van der Waals surface area contributed by atoms with Gasteiger partial charge in [-0.2, -0.15) is 5.10 Å². The van der Waals surface area contributed by atoms with Gasteiger partial charge < -0.3 is 10.6 Å². The number of aromatic nitrogens is 2. The maximum absolute atomic E-state index is 12.4. The highest BCUT2D eigenvalue weighted by atomic mass is 32.1. The summed E-state index contributed by atoms with van der Waals surface area (Å²) in [5, 5.41) is 9.12. The molecule has 0 bridgehead atoms. The third-order valence-corrected chi connectivity index (χ3v) is 4.82. The van der Waals surface area contributed by atoms with E-state index in [0.717, 1.165) is 34.3 Å². The van der Waals surface area contributed by atoms with Crippen molar-refractivity contribution in [3.8, 4) is 0 Å². The van der Waals surface area contributed by atoms with Crippen LogP contribution in [0.1, 0.15) is 33.8 Å². The minimum Gasteiger partial charge on any atom is -0.397 e. The summed E-state index contributed by atoms with van der Waals surface area (Å²) in [4.78, 5) is 15.5. The molecule has 1 fully saturated rings. The van der Waals surface area contributed by atoms with Gasteiger partial charge in [0.25, 0.3) is 5.91 Å². The molecule has 0 unspecified atom stereocenters. The Kier molecular flexibility index (Phi) is 2.70. The van der Waals surface area contributed by atoms with Gasteiger partial charge in [0.2, 0.25) is 0 Å². The number of hydrogen-bond acceptors (Lipinski definition) is 5. The van der Waals surface area contributed by atoms with Crippen molar-refractivity contribution in [3.05, 3.63) is 16.1 Å². The summed E-state index contributed by atoms with van der Waals surface area (Å²) < 4.78 is 0. The van der Waals surface area contributed by atoms with Crippen molar-refractivity contribution in [3.63, 3.8) is 0 Å². The number of thiophene rings is 1. The van der Waals surface area contributed by atoms with Crippen LogP contribution < -0.4 is 5.73 Å². The Morgan fingerprint density at radius 1 is 1.37 bits per heavy atom. The number of carbonyl (C=O) groups is 1. The lowest BCUT2D eigenvalue weighted by Crippen LogP contribution is -2.28. The standard InChI is InChI=1S/C13H16N4OS/c1-6-7(2)15-16-12-9(6)10(14)11(19-12)13(18)17(3)8-4-5-8/h8H,4-5,14H2,1-3H3. The summed E-state index contributed by atoms with van der Waals surface area (Å²) in [6.45, 7) is 3.87. The van der Waals surface area contributed by atoms with Gasteiger partial charge in [0.1, 0.15) is 9.71 Å². The summed E-state index contributed by atoms with van der Waals surface area (Å²) in [5.41, 5.74) is 8.57. The van der Waals surface area contributed by atoms with E-state index in [1.165, 1.54) is 11.3 Å². The molecular formula is C13H16N4OS. The van der Waals surface area contributed by atoms with Crippen molar-refractivity contribution in [1.29, 1.82) is 0 Å². The minimum absolute atomic E-state index is 0.0000491. The molecule has 1 aliphatic rings. The van der Waals surface area contributed by atoms with Crippen LogP contribution in [0.25, 0.3) is 10.2 Å². The zero-order valence-corrected chi connectivity index (χ0v) is 12.0. The van der Waals surface area contributed by atoms with E-state index in [0.29, 0.717) is 16.6 Å². The first-order valence-electron chi connectivity index (χ1n) is 6.29. The Morgan fingerprint density at radius 3 is 2.68 bits per heavy atom. The Balaban J connectivity index is 2.12. The fourth-order valence-electron chi connectivity index (χ4n) is 2.19. The van der Waals surface area contributed by atoms with Crippen molar-refractivity contribution in [1.82, 2.24) is 15.1 Å². The number of amides is 1. The largest absolute Gasteiger partial charge is 0.397 e. The minimum atomic E-state index is 0.0000491. The molecule has 0 atom stereocenters. The van der Waals surface area contributed by atoms with E-state index in [1.54, 1.807) is 4.90 Å². The van der Waals surface area contributed by atoms with E-state index in [-0.39, 0.29) is 5.91 Å². The molecule has 0 aromatic carbocycles. The second-order valence-corrected chi connectivity index (χ2v) is 6.08. The van der Waals surface area contributed by atoms with Gasteiger partial charge in [-0.15, -0.1) is 16.4 Å². The van der Waals surface area contributed by atoms with Crippen molar-refractivity contribution < 1.29 is 4.79 Å². The van der Waals surface area contributed by atoms with Crippen molar-refractivity contribution in [2.45, 2.75) is 32.7 Å². The fourth-order valence-corrected chi connectivity index (χ4v) is 3.27. The summed E-state index contributed by atoms with van der Waals surface area (Å²) in [6, 6.07) is 0.381. The topological polar surface area (TPSA) is 72.1 Å². The van der Waals surface area contributed by atoms with Crippen LogP contribution in [-0.2, 0) is 0 Å². The van der Waals surface area contributed by atoms with Gasteiger partial charge in [-0.05, 0) is 32.3 Å². The maximum Gasteiger partial charge on any atom is 0.266 e. The molecule has 1 saturated carbocycles. The van der Waals surface area contributed by atoms with Crippen LogP contribution in [0.15, 0.2) is 0 Å². The molecule has 0 spiro atoms. The number of rotatable bonds is 2. The van der Waals surface area contributed by atoms with Crippen LogP contribution in [-0.4, -0.2) is 34.1 Å². The highest BCUT2D eigenvalue weighted by Crippen LogP contribution is 2.37. The first-order valence-corrected chi connectivity index (χ1v) is 7.11. The van der Waals surface area contributed by atoms with Crippen LogP contribution in [0, 0.1) is 13.8 Å². The van der Waals surface area contributed by atoms with E-state index >= 15 is 0 Å². The first-order chi connectivity index (χ1) is 9.00. The number of hydrogen-bond donors (Lipinski definition) is 1. The molecule has 2 N–H and O–H groups in total. The highest BCUT2D eigenvalue weighted by Gasteiger charge is 2.32. The molecule has 0 radical (unpaired) electrons. The van der Waals surface area contributed by atoms with Gasteiger partial charge in [0.05, 0.1) is 11.4 Å². The Hall–Kier alpha value is -1.69. The van der Waals surface area contributed by atoms with Crippen LogP contribution >= 0.6 is 11.3 Å². The van der Waals surface area contributed by atoms with Crippen molar-refractivity contribution in [2.75, 3.05) is 12.8 Å². The molecule has 2 aromatic rings. The number of nitrogens with two attached hydrogens (primary N) is 1. The summed E-state index contributed by atoms with van der Waals surface area (Å²) in [5.74, 6) is 0.0000491. The average molecular weight is 276 g/mol. The van der Waals surface area contributed by atoms with Crippen molar-refractivity contribution in [2.24, 2.45) is 0 Å². The molecule has 6 heteroatoms. The molecule has 2 heterocycles. The van der Waals surface area contributed by atoms with E-state index in [4.69, 9.17) is 5.73 Å². The smallest absolute Gasteiger partial charge is 0.266 e. The lowest BCUT2D eigenvalue weighted by atomic mass is 10.1. The van der Waals surface area contributed by atoms with Crippen LogP contribution in [0.5, 0.6) is 0 Å². The Labute approximate surface area is 115 Å². The van der Waals surface area contributed by atoms with Gasteiger partial charge in [0.15, 0.2) is 0 Å². The molecule has 100 valence electrons. The predicted molar refractivity (Wildman–Crippen MR) is 76.4 cm³/mol. The molecule has 1 amide bonds. The number of nitrogens with zero attached hydrogens (tertiary/aromatic N) is 3. The zero-order valence-electron chi connectivity index (χ0n) is 11.2. The van der Waals surface area contributed by atoms with Gasteiger partial charge >= 0.3 is 0 Å². The average Bonchev–Trinajstić information content (AvgIpc) is 3.17. The first kappa shape index (κ1) is 12.3. The molecule has 0 aliphatic heterocycles. The van der Waals surface area contributed by atoms with Crippen LogP contribution in [0.2, 0.25) is 0 Å². The highest BCUT2D eigenvalue weighted by molar-refractivity contribution is 7.21. The van der Waals surface area contributed by atoms with E-state index in [9.17, 15) is 4.79 Å². The lowest BCUT2D eigenvalue weighted by Gasteiger charge is -2.15. The van der Waals surface area contributed by atoms with E-state index in [1.807, 2.05) is 20.9 Å². The van der Waals surface area contributed by atoms with Crippen LogP contribution in [0.4, 0.5) is 5.69 Å². The third kappa shape index (κ3) is 1.87. The summed E-state index contributed by atoms with van der Waals surface area (Å²) in [7, 11) is 1.84. The SMILES string of the molecule is Cc1nnc2sc(C(=O)N(C)C3CC3)c(N)c2c1C. The molecule has 0 saturated heterocycles. The van der Waals surface area contributed by atoms with E-state index in [2.05, 4.69) is 10.2 Å². The number of aryl methyl sites for hydroxylation is 2. The second kappa shape index (κ2) is 4.16. The quantitative estimate of drug-likeness (QED) is 0.912. The zero-order chi connectivity index (χ0) is 13.7. The molecule has 5 nitrogen and oxygen atoms in total. The molecule has 19 heavy (non-hydrogen) atoms. The second-order valence-electron chi connectivity index (χ2n) is 5.08. The van der Waals surface area contributed by atoms with Gasteiger partial charge in [-0.1, -0.05) is 0 Å². The summed E-state index contributed by atoms with van der Waals surface area (Å²) in [6.07, 6.45) is 2.18. The normalized spacial score (nSPS) is 14.9. The monoisotopic (exact) mass is 276 g/mol. The number of nitrogen functional groups attached to an aromatic ring is 1. The molecule has 3 rings (SSSR count). The number of anilines is 1. The third-order valence-electron chi connectivity index (χ3n) is 3.74. The lowest BCUT2D eigenvalue weighted by molar-refractivity contribution is 0.0791. The Morgan fingerprint density at radius 2 is 2.05 bits per heavy atom. The maximum atomic E-state index is 12.4. The van der Waals surface area contributed by atoms with Gasteiger partial charge in [-0.25, -0.2) is 0 Å². The van der Waals surface area contributed by atoms with Crippen molar-refractivity contribution >= 4 is 33.1 Å². The number of fused-ring (bicyclic) bond motifs is 1. The Bertz CT molecular complexity index is 675. The fraction of sp³-hybridized carbons (Fsp3) is 0.462. The molecule has 2 aromatic heterocycles. The molecule has 1 aliphatic carbocycles. The molecular weight excluding hydrogens is 260 g/mol. The number of carbonyl (C=O) groups excluding carboxylic acids is 1. The summed E-state index contributed by atoms with van der Waals surface area (Å²) >= 11 is 1.34. The van der Waals surface area contributed by atoms with Gasteiger partial charge in [-0.3, -0.25) is 4.79 Å². The predicted octanol–water partition coefficient (Wildman–Crippen LogP) is 2.12. The van der Waals surface area contributed by atoms with Gasteiger partial charge in [0, 0.05) is 18.5 Å². The van der Waals surface area contributed by atoms with Crippen LogP contribution in [0.3, 0.4) is 0 Å². The van der Waals surface area contributed by atoms with E-state index < -0.39 is 0 Å².